The first-order chi connectivity index (χ1) is 8.27. The van der Waals surface area contributed by atoms with Gasteiger partial charge in [-0.25, -0.2) is 0 Å². The van der Waals surface area contributed by atoms with Gasteiger partial charge in [0.25, 0.3) is 0 Å². The van der Waals surface area contributed by atoms with Crippen molar-refractivity contribution in [3.63, 3.8) is 0 Å². The fraction of sp³-hybridized carbons (Fsp3) is 0.692. The first-order valence-electron chi connectivity index (χ1n) is 6.28. The summed E-state index contributed by atoms with van der Waals surface area (Å²) in [7, 11) is 4.26. The maximum Gasteiger partial charge on any atom is 0.0776 e. The molecule has 1 aromatic rings. The van der Waals surface area contributed by atoms with E-state index < -0.39 is 0 Å². The third kappa shape index (κ3) is 3.78. The van der Waals surface area contributed by atoms with Crippen molar-refractivity contribution in [2.45, 2.75) is 18.4 Å². The van der Waals surface area contributed by atoms with Crippen LogP contribution in [0.25, 0.3) is 0 Å². The molecule has 96 valence electrons. The highest BCUT2D eigenvalue weighted by Gasteiger charge is 2.26. The Hall–Kier alpha value is -0.420. The zero-order chi connectivity index (χ0) is 12.1. The highest BCUT2D eigenvalue weighted by Crippen LogP contribution is 2.30. The first-order valence-corrected chi connectivity index (χ1v) is 7.16. The van der Waals surface area contributed by atoms with E-state index in [2.05, 4.69) is 41.8 Å². The van der Waals surface area contributed by atoms with Crippen molar-refractivity contribution < 1.29 is 4.74 Å². The summed E-state index contributed by atoms with van der Waals surface area (Å²) < 4.78 is 5.92. The van der Waals surface area contributed by atoms with E-state index in [0.29, 0.717) is 12.0 Å². The van der Waals surface area contributed by atoms with Gasteiger partial charge in [0, 0.05) is 23.9 Å². The molecule has 2 unspecified atom stereocenters. The third-order valence-electron chi connectivity index (χ3n) is 3.20. The van der Waals surface area contributed by atoms with Crippen LogP contribution in [0.2, 0.25) is 0 Å². The number of nitrogens with zero attached hydrogens (tertiary/aromatic N) is 1. The van der Waals surface area contributed by atoms with Gasteiger partial charge in [0.2, 0.25) is 0 Å². The maximum absolute atomic E-state index is 5.92. The van der Waals surface area contributed by atoms with E-state index in [9.17, 15) is 0 Å². The molecule has 1 aliphatic heterocycles. The molecular formula is C13H22N2OS. The molecule has 2 heterocycles. The predicted molar refractivity (Wildman–Crippen MR) is 72.8 cm³/mol. The Bertz CT molecular complexity index is 307. The Kier molecular flexibility index (Phi) is 4.98. The summed E-state index contributed by atoms with van der Waals surface area (Å²) in [5.41, 5.74) is 0. The average molecular weight is 254 g/mol. The van der Waals surface area contributed by atoms with Crippen molar-refractivity contribution in [3.8, 4) is 0 Å². The Morgan fingerprint density at radius 1 is 1.59 bits per heavy atom. The molecule has 0 saturated carbocycles. The van der Waals surface area contributed by atoms with E-state index >= 15 is 0 Å². The molecule has 1 fully saturated rings. The van der Waals surface area contributed by atoms with Crippen LogP contribution in [0.4, 0.5) is 0 Å². The minimum absolute atomic E-state index is 0.336. The van der Waals surface area contributed by atoms with Crippen LogP contribution in [0.3, 0.4) is 0 Å². The Balaban J connectivity index is 2.01. The third-order valence-corrected chi connectivity index (χ3v) is 4.21. The van der Waals surface area contributed by atoms with Gasteiger partial charge in [-0.05, 0) is 38.5 Å². The van der Waals surface area contributed by atoms with Crippen LogP contribution in [0, 0.1) is 0 Å². The van der Waals surface area contributed by atoms with E-state index in [0.717, 1.165) is 26.2 Å². The lowest BCUT2D eigenvalue weighted by atomic mass is 9.95. The number of nitrogens with one attached hydrogen (secondary N) is 1. The van der Waals surface area contributed by atoms with Gasteiger partial charge in [-0.3, -0.25) is 0 Å². The van der Waals surface area contributed by atoms with Gasteiger partial charge in [-0.1, -0.05) is 6.07 Å². The summed E-state index contributed by atoms with van der Waals surface area (Å²) in [6, 6.07) is 4.38. The van der Waals surface area contributed by atoms with Crippen molar-refractivity contribution in [2.75, 3.05) is 40.3 Å². The van der Waals surface area contributed by atoms with Crippen LogP contribution in [0.1, 0.15) is 17.2 Å². The van der Waals surface area contributed by atoms with Crippen LogP contribution in [0.15, 0.2) is 17.5 Å². The highest BCUT2D eigenvalue weighted by molar-refractivity contribution is 7.10. The minimum Gasteiger partial charge on any atom is -0.375 e. The topological polar surface area (TPSA) is 24.5 Å². The van der Waals surface area contributed by atoms with Crippen LogP contribution >= 0.6 is 11.3 Å². The number of morpholine rings is 1. The summed E-state index contributed by atoms with van der Waals surface area (Å²) in [6.07, 6.45) is 1.50. The van der Waals surface area contributed by atoms with E-state index in [4.69, 9.17) is 4.74 Å². The van der Waals surface area contributed by atoms with Crippen molar-refractivity contribution in [2.24, 2.45) is 0 Å². The number of rotatable bonds is 5. The van der Waals surface area contributed by atoms with Gasteiger partial charge < -0.3 is 15.0 Å². The van der Waals surface area contributed by atoms with Crippen molar-refractivity contribution in [1.29, 1.82) is 0 Å². The van der Waals surface area contributed by atoms with Crippen LogP contribution in [-0.4, -0.2) is 51.3 Å². The summed E-state index contributed by atoms with van der Waals surface area (Å²) in [4.78, 5) is 3.71. The molecular weight excluding hydrogens is 232 g/mol. The zero-order valence-electron chi connectivity index (χ0n) is 10.7. The Morgan fingerprint density at radius 2 is 2.47 bits per heavy atom. The van der Waals surface area contributed by atoms with Crippen LogP contribution < -0.4 is 5.32 Å². The van der Waals surface area contributed by atoms with Gasteiger partial charge in [0.05, 0.1) is 12.7 Å². The van der Waals surface area contributed by atoms with Gasteiger partial charge in [-0.2, -0.15) is 0 Å². The Labute approximate surface area is 108 Å². The molecule has 1 aliphatic rings. The van der Waals surface area contributed by atoms with Crippen LogP contribution in [-0.2, 0) is 4.74 Å². The monoisotopic (exact) mass is 254 g/mol. The maximum atomic E-state index is 5.92. The smallest absolute Gasteiger partial charge is 0.0776 e. The van der Waals surface area contributed by atoms with E-state index in [1.54, 1.807) is 0 Å². The molecule has 0 spiro atoms. The summed E-state index contributed by atoms with van der Waals surface area (Å²) in [5, 5.41) is 5.59. The molecule has 0 bridgehead atoms. The number of hydrogen-bond donors (Lipinski definition) is 1. The van der Waals surface area contributed by atoms with E-state index in [1.807, 2.05) is 11.3 Å². The predicted octanol–water partition coefficient (Wildman–Crippen LogP) is 1.77. The normalized spacial score (nSPS) is 22.9. The lowest BCUT2D eigenvalue weighted by Gasteiger charge is -2.31. The molecule has 1 aromatic heterocycles. The minimum atomic E-state index is 0.336. The fourth-order valence-electron chi connectivity index (χ4n) is 2.26. The fourth-order valence-corrected chi connectivity index (χ4v) is 3.17. The van der Waals surface area contributed by atoms with Gasteiger partial charge in [0.15, 0.2) is 0 Å². The quantitative estimate of drug-likeness (QED) is 0.867. The first kappa shape index (κ1) is 13.0. The molecule has 0 aromatic carbocycles. The molecule has 2 rings (SSSR count). The molecule has 0 aliphatic carbocycles. The molecule has 1 N–H and O–H groups in total. The summed E-state index contributed by atoms with van der Waals surface area (Å²) in [6.45, 7) is 3.92. The molecule has 2 atom stereocenters. The molecule has 0 radical (unpaired) electrons. The second kappa shape index (κ2) is 6.50. The van der Waals surface area contributed by atoms with E-state index in [-0.39, 0.29) is 0 Å². The second-order valence-electron chi connectivity index (χ2n) is 4.83. The lowest BCUT2D eigenvalue weighted by molar-refractivity contribution is 0.00882. The molecule has 1 saturated heterocycles. The average Bonchev–Trinajstić information content (AvgIpc) is 2.84. The number of hydrogen-bond acceptors (Lipinski definition) is 4. The van der Waals surface area contributed by atoms with Gasteiger partial charge >= 0.3 is 0 Å². The Morgan fingerprint density at radius 3 is 3.06 bits per heavy atom. The zero-order valence-corrected chi connectivity index (χ0v) is 11.5. The van der Waals surface area contributed by atoms with Crippen LogP contribution in [0.5, 0.6) is 0 Å². The lowest BCUT2D eigenvalue weighted by Crippen LogP contribution is -2.42. The summed E-state index contributed by atoms with van der Waals surface area (Å²) >= 11 is 1.85. The van der Waals surface area contributed by atoms with Gasteiger partial charge in [0.1, 0.15) is 0 Å². The molecule has 4 heteroatoms. The highest BCUT2D eigenvalue weighted by atomic mass is 32.1. The molecule has 0 amide bonds. The molecule has 3 nitrogen and oxygen atoms in total. The van der Waals surface area contributed by atoms with Crippen molar-refractivity contribution in [1.82, 2.24) is 10.2 Å². The number of thiophene rings is 1. The standard InChI is InChI=1S/C13H22N2OS/c1-15(2)7-5-11(13-4-3-9-17-13)12-10-14-6-8-16-12/h3-4,9,11-12,14H,5-8,10H2,1-2H3. The van der Waals surface area contributed by atoms with E-state index in [1.165, 1.54) is 11.3 Å². The van der Waals surface area contributed by atoms with Crippen molar-refractivity contribution in [3.05, 3.63) is 22.4 Å². The van der Waals surface area contributed by atoms with Gasteiger partial charge in [-0.15, -0.1) is 11.3 Å². The number of ether oxygens (including phenoxy) is 1. The summed E-state index contributed by atoms with van der Waals surface area (Å²) in [5.74, 6) is 0.533. The second-order valence-corrected chi connectivity index (χ2v) is 5.81. The SMILES string of the molecule is CN(C)CCC(c1cccs1)C1CNCCO1. The van der Waals surface area contributed by atoms with Crippen molar-refractivity contribution >= 4 is 11.3 Å². The molecule has 17 heavy (non-hydrogen) atoms. The largest absolute Gasteiger partial charge is 0.375 e.